The van der Waals surface area contributed by atoms with Crippen LogP contribution >= 0.6 is 27.5 Å². The predicted molar refractivity (Wildman–Crippen MR) is 102 cm³/mol. The number of amides is 4. The molecule has 0 bridgehead atoms. The number of carbonyl (C=O) groups is 3. The van der Waals surface area contributed by atoms with Crippen molar-refractivity contribution in [1.29, 1.82) is 0 Å². The summed E-state index contributed by atoms with van der Waals surface area (Å²) in [6.45, 7) is 1.01. The van der Waals surface area contributed by atoms with Crippen molar-refractivity contribution in [1.82, 2.24) is 10.2 Å². The van der Waals surface area contributed by atoms with Gasteiger partial charge < -0.3 is 10.6 Å². The number of benzene rings is 2. The van der Waals surface area contributed by atoms with Crippen molar-refractivity contribution >= 4 is 51.1 Å². The van der Waals surface area contributed by atoms with E-state index in [2.05, 4.69) is 26.6 Å². The fraction of sp³-hybridized carbons (Fsp3) is 0.167. The average molecular weight is 455 g/mol. The lowest BCUT2D eigenvalue weighted by atomic mass is 9.92. The van der Waals surface area contributed by atoms with E-state index < -0.39 is 35.7 Å². The van der Waals surface area contributed by atoms with Crippen molar-refractivity contribution in [3.05, 3.63) is 63.3 Å². The van der Waals surface area contributed by atoms with Crippen LogP contribution in [0.1, 0.15) is 12.5 Å². The highest BCUT2D eigenvalue weighted by Gasteiger charge is 2.49. The maximum Gasteiger partial charge on any atom is 0.325 e. The SMILES string of the molecule is C[C@@]1(c2ccc(Cl)cc2)NC(=O)N(CC(=O)Nc2ccc(Br)cc2F)C1=O. The van der Waals surface area contributed by atoms with Gasteiger partial charge in [-0.25, -0.2) is 9.18 Å². The molecule has 2 N–H and O–H groups in total. The zero-order chi connectivity index (χ0) is 19.8. The summed E-state index contributed by atoms with van der Waals surface area (Å²) in [4.78, 5) is 38.0. The van der Waals surface area contributed by atoms with Crippen molar-refractivity contribution in [3.8, 4) is 0 Å². The van der Waals surface area contributed by atoms with Crippen LogP contribution in [-0.2, 0) is 15.1 Å². The third-order valence-electron chi connectivity index (χ3n) is 4.20. The Morgan fingerprint density at radius 1 is 1.26 bits per heavy atom. The summed E-state index contributed by atoms with van der Waals surface area (Å²) in [5, 5.41) is 5.43. The fourth-order valence-electron chi connectivity index (χ4n) is 2.74. The van der Waals surface area contributed by atoms with E-state index in [0.717, 1.165) is 4.90 Å². The molecule has 0 radical (unpaired) electrons. The molecule has 0 spiro atoms. The molecule has 4 amide bonds. The van der Waals surface area contributed by atoms with Crippen LogP contribution in [0.3, 0.4) is 0 Å². The first-order valence-corrected chi connectivity index (χ1v) is 9.03. The van der Waals surface area contributed by atoms with Gasteiger partial charge in [-0.2, -0.15) is 0 Å². The number of urea groups is 1. The molecule has 3 rings (SSSR count). The smallest absolute Gasteiger partial charge is 0.322 e. The zero-order valence-electron chi connectivity index (χ0n) is 14.1. The number of nitrogens with one attached hydrogen (secondary N) is 2. The summed E-state index contributed by atoms with van der Waals surface area (Å²) in [5.41, 5.74) is -0.826. The molecule has 1 aliphatic rings. The number of hydrogen-bond donors (Lipinski definition) is 2. The minimum absolute atomic E-state index is 0.0456. The van der Waals surface area contributed by atoms with Crippen LogP contribution in [0.15, 0.2) is 46.9 Å². The van der Waals surface area contributed by atoms with E-state index in [1.807, 2.05) is 0 Å². The summed E-state index contributed by atoms with van der Waals surface area (Å²) in [6, 6.07) is 9.89. The van der Waals surface area contributed by atoms with Gasteiger partial charge in [-0.05, 0) is 42.8 Å². The highest BCUT2D eigenvalue weighted by atomic mass is 79.9. The molecule has 2 aromatic rings. The quantitative estimate of drug-likeness (QED) is 0.692. The third-order valence-corrected chi connectivity index (χ3v) is 4.95. The summed E-state index contributed by atoms with van der Waals surface area (Å²) < 4.78 is 14.4. The molecule has 1 atom stereocenters. The molecule has 0 aliphatic carbocycles. The number of nitrogens with zero attached hydrogens (tertiary/aromatic N) is 1. The Kier molecular flexibility index (Phi) is 5.21. The van der Waals surface area contributed by atoms with Gasteiger partial charge >= 0.3 is 6.03 Å². The predicted octanol–water partition coefficient (Wildman–Crippen LogP) is 3.65. The van der Waals surface area contributed by atoms with Crippen LogP contribution in [0.5, 0.6) is 0 Å². The van der Waals surface area contributed by atoms with Crippen molar-refractivity contribution < 1.29 is 18.8 Å². The van der Waals surface area contributed by atoms with E-state index >= 15 is 0 Å². The van der Waals surface area contributed by atoms with Gasteiger partial charge in [0.2, 0.25) is 5.91 Å². The second-order valence-electron chi connectivity index (χ2n) is 6.13. The standard InChI is InChI=1S/C18H14BrClFN3O3/c1-18(10-2-5-12(20)6-3-10)16(26)24(17(27)23-18)9-15(25)22-14-7-4-11(19)8-13(14)21/h2-8H,9H2,1H3,(H,22,25)(H,23,27)/t18-/m0/s1. The van der Waals surface area contributed by atoms with Crippen LogP contribution in [0.4, 0.5) is 14.9 Å². The van der Waals surface area contributed by atoms with Crippen LogP contribution < -0.4 is 10.6 Å². The lowest BCUT2D eigenvalue weighted by Gasteiger charge is -2.22. The molecular formula is C18H14BrClFN3O3. The Bertz CT molecular complexity index is 938. The van der Waals surface area contributed by atoms with Crippen LogP contribution in [0.25, 0.3) is 0 Å². The van der Waals surface area contributed by atoms with Gasteiger partial charge in [0.15, 0.2) is 0 Å². The van der Waals surface area contributed by atoms with Crippen LogP contribution in [-0.4, -0.2) is 29.3 Å². The van der Waals surface area contributed by atoms with E-state index in [1.54, 1.807) is 37.3 Å². The molecule has 27 heavy (non-hydrogen) atoms. The number of rotatable bonds is 4. The minimum Gasteiger partial charge on any atom is -0.322 e. The third kappa shape index (κ3) is 3.81. The maximum absolute atomic E-state index is 13.8. The first-order chi connectivity index (χ1) is 12.7. The molecule has 1 aliphatic heterocycles. The van der Waals surface area contributed by atoms with Gasteiger partial charge in [0.05, 0.1) is 5.69 Å². The van der Waals surface area contributed by atoms with E-state index in [4.69, 9.17) is 11.6 Å². The molecule has 0 unspecified atom stereocenters. The normalized spacial score (nSPS) is 19.2. The lowest BCUT2D eigenvalue weighted by Crippen LogP contribution is -2.42. The largest absolute Gasteiger partial charge is 0.325 e. The van der Waals surface area contributed by atoms with Crippen molar-refractivity contribution in [2.45, 2.75) is 12.5 Å². The molecule has 1 heterocycles. The minimum atomic E-state index is -1.31. The summed E-state index contributed by atoms with van der Waals surface area (Å²) >= 11 is 8.98. The Hall–Kier alpha value is -2.45. The topological polar surface area (TPSA) is 78.5 Å². The fourth-order valence-corrected chi connectivity index (χ4v) is 3.20. The van der Waals surface area contributed by atoms with Gasteiger partial charge in [0.1, 0.15) is 17.9 Å². The average Bonchev–Trinajstić information content (AvgIpc) is 2.82. The zero-order valence-corrected chi connectivity index (χ0v) is 16.4. The van der Waals surface area contributed by atoms with E-state index in [1.165, 1.54) is 12.1 Å². The Balaban J connectivity index is 1.75. The molecule has 1 fully saturated rings. The molecular weight excluding hydrogens is 441 g/mol. The second-order valence-corrected chi connectivity index (χ2v) is 7.48. The van der Waals surface area contributed by atoms with Gasteiger partial charge in [-0.1, -0.05) is 39.7 Å². The van der Waals surface area contributed by atoms with Gasteiger partial charge in [-0.3, -0.25) is 14.5 Å². The Morgan fingerprint density at radius 2 is 1.93 bits per heavy atom. The van der Waals surface area contributed by atoms with Crippen LogP contribution in [0, 0.1) is 5.82 Å². The summed E-state index contributed by atoms with van der Waals surface area (Å²) in [6.07, 6.45) is 0. The van der Waals surface area contributed by atoms with Gasteiger partial charge in [0, 0.05) is 9.50 Å². The van der Waals surface area contributed by atoms with E-state index in [9.17, 15) is 18.8 Å². The van der Waals surface area contributed by atoms with Gasteiger partial charge in [-0.15, -0.1) is 0 Å². The molecule has 1 saturated heterocycles. The lowest BCUT2D eigenvalue weighted by molar-refractivity contribution is -0.133. The number of imide groups is 1. The summed E-state index contributed by atoms with van der Waals surface area (Å²) in [7, 11) is 0. The number of halogens is 3. The van der Waals surface area contributed by atoms with Crippen LogP contribution in [0.2, 0.25) is 5.02 Å². The maximum atomic E-state index is 13.8. The van der Waals surface area contributed by atoms with E-state index in [-0.39, 0.29) is 5.69 Å². The molecule has 140 valence electrons. The highest BCUT2D eigenvalue weighted by Crippen LogP contribution is 2.29. The first-order valence-electron chi connectivity index (χ1n) is 7.86. The summed E-state index contributed by atoms with van der Waals surface area (Å²) in [5.74, 6) is -1.91. The van der Waals surface area contributed by atoms with Gasteiger partial charge in [0.25, 0.3) is 5.91 Å². The Morgan fingerprint density at radius 3 is 2.56 bits per heavy atom. The second kappa shape index (κ2) is 7.28. The highest BCUT2D eigenvalue weighted by molar-refractivity contribution is 9.10. The molecule has 2 aromatic carbocycles. The van der Waals surface area contributed by atoms with Crippen molar-refractivity contribution in [3.63, 3.8) is 0 Å². The first kappa shape index (κ1) is 19.3. The molecule has 0 saturated carbocycles. The number of hydrogen-bond acceptors (Lipinski definition) is 3. The number of anilines is 1. The molecule has 6 nitrogen and oxygen atoms in total. The Labute approximate surface area is 167 Å². The number of carbonyl (C=O) groups excluding carboxylic acids is 3. The molecule has 0 aromatic heterocycles. The van der Waals surface area contributed by atoms with E-state index in [0.29, 0.717) is 15.1 Å². The van der Waals surface area contributed by atoms with Crippen molar-refractivity contribution in [2.75, 3.05) is 11.9 Å². The molecule has 9 heteroatoms. The van der Waals surface area contributed by atoms with Crippen molar-refractivity contribution in [2.24, 2.45) is 0 Å². The monoisotopic (exact) mass is 453 g/mol.